The number of thioether (sulfide) groups is 1. The van der Waals surface area contributed by atoms with Gasteiger partial charge in [-0.25, -0.2) is 0 Å². The molecule has 0 unspecified atom stereocenters. The number of nitrogens with one attached hydrogen (secondary N) is 1. The molecule has 0 aliphatic carbocycles. The molecule has 2 aromatic rings. The van der Waals surface area contributed by atoms with Crippen LogP contribution in [-0.4, -0.2) is 24.2 Å². The van der Waals surface area contributed by atoms with Crippen LogP contribution in [0.25, 0.3) is 0 Å². The lowest BCUT2D eigenvalue weighted by Crippen LogP contribution is -2.21. The molecule has 0 saturated heterocycles. The summed E-state index contributed by atoms with van der Waals surface area (Å²) >= 11 is 1.42. The number of hydrogen-bond donors (Lipinski definition) is 1. The van der Waals surface area contributed by atoms with Crippen LogP contribution in [-0.2, 0) is 14.3 Å². The number of rotatable bonds is 8. The number of benzene rings is 2. The zero-order valence-electron chi connectivity index (χ0n) is 16.4. The van der Waals surface area contributed by atoms with Crippen molar-refractivity contribution in [1.29, 1.82) is 0 Å². The molecule has 4 nitrogen and oxygen atoms in total. The molecule has 0 fully saturated rings. The summed E-state index contributed by atoms with van der Waals surface area (Å²) in [5.74, 6) is -0.0652. The maximum atomic E-state index is 12.0. The van der Waals surface area contributed by atoms with E-state index in [1.54, 1.807) is 0 Å². The number of hydrogen-bond acceptors (Lipinski definition) is 4. The molecule has 0 radical (unpaired) electrons. The van der Waals surface area contributed by atoms with Crippen LogP contribution in [0.1, 0.15) is 42.9 Å². The second-order valence-electron chi connectivity index (χ2n) is 6.70. The Labute approximate surface area is 165 Å². The number of carbonyl (C=O) groups is 2. The normalized spacial score (nSPS) is 11.7. The van der Waals surface area contributed by atoms with E-state index in [1.165, 1.54) is 22.9 Å². The fraction of sp³-hybridized carbons (Fsp3) is 0.364. The highest BCUT2D eigenvalue weighted by molar-refractivity contribution is 8.00. The number of ether oxygens (including phenoxy) is 1. The summed E-state index contributed by atoms with van der Waals surface area (Å²) in [6.45, 7) is 8.09. The Morgan fingerprint density at radius 2 is 1.81 bits per heavy atom. The van der Waals surface area contributed by atoms with E-state index in [4.69, 9.17) is 4.74 Å². The van der Waals surface area contributed by atoms with Crippen LogP contribution in [0, 0.1) is 13.8 Å². The van der Waals surface area contributed by atoms with Crippen molar-refractivity contribution in [1.82, 2.24) is 0 Å². The van der Waals surface area contributed by atoms with Gasteiger partial charge in [-0.2, -0.15) is 0 Å². The topological polar surface area (TPSA) is 55.4 Å². The van der Waals surface area contributed by atoms with Crippen molar-refractivity contribution in [3.63, 3.8) is 0 Å². The van der Waals surface area contributed by atoms with Crippen LogP contribution in [0.4, 0.5) is 5.69 Å². The molecule has 2 aromatic carbocycles. The first-order chi connectivity index (χ1) is 12.9. The SMILES string of the molecule is CC[C@H](C)c1ccc(NC(=O)COC(=O)CSc2ccc(C)cc2C)cc1. The minimum atomic E-state index is -0.401. The number of carbonyl (C=O) groups excluding carboxylic acids is 2. The monoisotopic (exact) mass is 385 g/mol. The highest BCUT2D eigenvalue weighted by Crippen LogP contribution is 2.23. The smallest absolute Gasteiger partial charge is 0.316 e. The number of anilines is 1. The van der Waals surface area contributed by atoms with Crippen molar-refractivity contribution in [2.75, 3.05) is 17.7 Å². The van der Waals surface area contributed by atoms with Gasteiger partial charge in [0.05, 0.1) is 5.75 Å². The fourth-order valence-corrected chi connectivity index (χ4v) is 3.42. The summed E-state index contributed by atoms with van der Waals surface area (Å²) in [4.78, 5) is 24.9. The maximum Gasteiger partial charge on any atom is 0.316 e. The molecule has 0 heterocycles. The van der Waals surface area contributed by atoms with Crippen LogP contribution in [0.15, 0.2) is 47.4 Å². The van der Waals surface area contributed by atoms with E-state index in [-0.39, 0.29) is 18.3 Å². The second-order valence-corrected chi connectivity index (χ2v) is 7.71. The van der Waals surface area contributed by atoms with Crippen LogP contribution in [0.3, 0.4) is 0 Å². The van der Waals surface area contributed by atoms with E-state index in [2.05, 4.69) is 25.2 Å². The molecule has 1 N–H and O–H groups in total. The van der Waals surface area contributed by atoms with Crippen molar-refractivity contribution >= 4 is 29.3 Å². The van der Waals surface area contributed by atoms with Gasteiger partial charge in [-0.1, -0.05) is 43.7 Å². The fourth-order valence-electron chi connectivity index (χ4n) is 2.61. The van der Waals surface area contributed by atoms with Gasteiger partial charge in [-0.05, 0) is 55.5 Å². The Hall–Kier alpha value is -2.27. The van der Waals surface area contributed by atoms with Gasteiger partial charge in [0.15, 0.2) is 6.61 Å². The third kappa shape index (κ3) is 6.75. The average molecular weight is 386 g/mol. The summed E-state index contributed by atoms with van der Waals surface area (Å²) in [7, 11) is 0. The van der Waals surface area contributed by atoms with Crippen LogP contribution >= 0.6 is 11.8 Å². The van der Waals surface area contributed by atoms with Crippen LogP contribution in [0.2, 0.25) is 0 Å². The van der Waals surface area contributed by atoms with Gasteiger partial charge in [-0.15, -0.1) is 11.8 Å². The van der Waals surface area contributed by atoms with Crippen molar-refractivity contribution in [2.24, 2.45) is 0 Å². The van der Waals surface area contributed by atoms with Crippen molar-refractivity contribution in [3.8, 4) is 0 Å². The summed E-state index contributed by atoms with van der Waals surface area (Å²) < 4.78 is 5.07. The molecule has 0 aliphatic rings. The van der Waals surface area contributed by atoms with Gasteiger partial charge in [0.25, 0.3) is 5.91 Å². The molecular weight excluding hydrogens is 358 g/mol. The third-order valence-electron chi connectivity index (χ3n) is 4.42. The molecule has 1 amide bonds. The number of amides is 1. The predicted octanol–water partition coefficient (Wildman–Crippen LogP) is 5.09. The van der Waals surface area contributed by atoms with Crippen molar-refractivity contribution < 1.29 is 14.3 Å². The largest absolute Gasteiger partial charge is 0.455 e. The third-order valence-corrected chi connectivity index (χ3v) is 5.57. The first-order valence-corrected chi connectivity index (χ1v) is 10.1. The summed E-state index contributed by atoms with van der Waals surface area (Å²) in [5.41, 5.74) is 4.26. The molecule has 0 saturated carbocycles. The lowest BCUT2D eigenvalue weighted by molar-refractivity contribution is -0.144. The molecule has 2 rings (SSSR count). The van der Waals surface area contributed by atoms with Gasteiger partial charge in [0.2, 0.25) is 0 Å². The molecule has 0 aliphatic heterocycles. The van der Waals surface area contributed by atoms with Crippen molar-refractivity contribution in [2.45, 2.75) is 44.9 Å². The number of aryl methyl sites for hydroxylation is 2. The molecular formula is C22H27NO3S. The molecule has 27 heavy (non-hydrogen) atoms. The second kappa shape index (κ2) is 10.2. The van der Waals surface area contributed by atoms with E-state index >= 15 is 0 Å². The highest BCUT2D eigenvalue weighted by Gasteiger charge is 2.10. The minimum absolute atomic E-state index is 0.181. The van der Waals surface area contributed by atoms with E-state index in [0.29, 0.717) is 11.6 Å². The Morgan fingerprint density at radius 3 is 2.44 bits per heavy atom. The Morgan fingerprint density at radius 1 is 1.11 bits per heavy atom. The van der Waals surface area contributed by atoms with Crippen LogP contribution < -0.4 is 5.32 Å². The summed E-state index contributed by atoms with van der Waals surface area (Å²) in [6, 6.07) is 13.9. The summed E-state index contributed by atoms with van der Waals surface area (Å²) in [5, 5.41) is 2.75. The Balaban J connectivity index is 1.75. The molecule has 5 heteroatoms. The lowest BCUT2D eigenvalue weighted by Gasteiger charge is -2.11. The molecule has 1 atom stereocenters. The standard InChI is InChI=1S/C22H27NO3S/c1-5-16(3)18-7-9-19(10-8-18)23-21(24)13-26-22(25)14-27-20-11-6-15(2)12-17(20)4/h6-12,16H,5,13-14H2,1-4H3,(H,23,24)/t16-/m0/s1. The molecule has 0 bridgehead atoms. The predicted molar refractivity (Wildman–Crippen MR) is 111 cm³/mol. The van der Waals surface area contributed by atoms with E-state index in [9.17, 15) is 9.59 Å². The average Bonchev–Trinajstić information content (AvgIpc) is 2.65. The first kappa shape index (κ1) is 21.0. The highest BCUT2D eigenvalue weighted by atomic mass is 32.2. The van der Waals surface area contributed by atoms with Gasteiger partial charge < -0.3 is 10.1 Å². The maximum absolute atomic E-state index is 12.0. The van der Waals surface area contributed by atoms with Gasteiger partial charge in [0, 0.05) is 10.6 Å². The Bertz CT molecular complexity index is 787. The quantitative estimate of drug-likeness (QED) is 0.508. The zero-order chi connectivity index (χ0) is 19.8. The molecule has 144 valence electrons. The van der Waals surface area contributed by atoms with Gasteiger partial charge in [0.1, 0.15) is 0 Å². The zero-order valence-corrected chi connectivity index (χ0v) is 17.2. The summed E-state index contributed by atoms with van der Waals surface area (Å²) in [6.07, 6.45) is 1.07. The number of esters is 1. The van der Waals surface area contributed by atoms with Gasteiger partial charge >= 0.3 is 5.97 Å². The minimum Gasteiger partial charge on any atom is -0.455 e. The first-order valence-electron chi connectivity index (χ1n) is 9.14. The van der Waals surface area contributed by atoms with Crippen molar-refractivity contribution in [3.05, 3.63) is 59.2 Å². The lowest BCUT2D eigenvalue weighted by atomic mass is 9.99. The van der Waals surface area contributed by atoms with Gasteiger partial charge in [-0.3, -0.25) is 9.59 Å². The van der Waals surface area contributed by atoms with E-state index in [1.807, 2.05) is 50.2 Å². The Kier molecular flexibility index (Phi) is 7.92. The van der Waals surface area contributed by atoms with Crippen LogP contribution in [0.5, 0.6) is 0 Å². The van der Waals surface area contributed by atoms with E-state index < -0.39 is 5.97 Å². The van der Waals surface area contributed by atoms with E-state index in [0.717, 1.165) is 16.9 Å². The molecule has 0 spiro atoms. The molecule has 0 aromatic heterocycles.